The summed E-state index contributed by atoms with van der Waals surface area (Å²) in [4.78, 5) is 13.3. The molecule has 0 spiro atoms. The van der Waals surface area contributed by atoms with Gasteiger partial charge in [0.25, 0.3) is 6.43 Å². The number of alkyl halides is 2. The zero-order valence-electron chi connectivity index (χ0n) is 16.5. The Hall–Kier alpha value is -3.14. The normalized spacial score (nSPS) is 21.5. The van der Waals surface area contributed by atoms with Crippen LogP contribution >= 0.6 is 0 Å². The molecule has 4 aromatic rings. The van der Waals surface area contributed by atoms with Crippen LogP contribution < -0.4 is 5.32 Å². The Labute approximate surface area is 170 Å². The predicted octanol–water partition coefficient (Wildman–Crippen LogP) is 3.04. The summed E-state index contributed by atoms with van der Waals surface area (Å²) in [6.07, 6.45) is 2.33. The standard InChI is InChI=1S/C20H21F2N7O/c1-11-24-15-4-3-14(26-18(15)28(11)10-17(21)22)13-5-6-29-16(13)9-23-19(27-29)25-12-7-20(2,30)8-12/h3-6,9,12,17,30H,7-8,10H2,1-2H3,(H,25,27)/t12-,20-. The van der Waals surface area contributed by atoms with E-state index in [2.05, 4.69) is 25.4 Å². The van der Waals surface area contributed by atoms with E-state index in [1.165, 1.54) is 4.57 Å². The zero-order valence-corrected chi connectivity index (χ0v) is 16.5. The van der Waals surface area contributed by atoms with E-state index in [1.807, 2.05) is 25.3 Å². The molecule has 1 fully saturated rings. The van der Waals surface area contributed by atoms with Crippen molar-refractivity contribution in [1.29, 1.82) is 0 Å². The van der Waals surface area contributed by atoms with Crippen LogP contribution in [0, 0.1) is 6.92 Å². The number of nitrogens with one attached hydrogen (secondary N) is 1. The molecule has 0 radical (unpaired) electrons. The van der Waals surface area contributed by atoms with Gasteiger partial charge < -0.3 is 15.0 Å². The molecule has 4 heterocycles. The number of hydrogen-bond donors (Lipinski definition) is 2. The number of rotatable bonds is 5. The first kappa shape index (κ1) is 18.9. The monoisotopic (exact) mass is 413 g/mol. The van der Waals surface area contributed by atoms with Crippen molar-refractivity contribution >= 4 is 22.6 Å². The number of pyridine rings is 1. The second-order valence-corrected chi connectivity index (χ2v) is 8.09. The maximum Gasteiger partial charge on any atom is 0.256 e. The van der Waals surface area contributed by atoms with Crippen LogP contribution in [0.25, 0.3) is 27.9 Å². The maximum atomic E-state index is 13.0. The molecule has 0 saturated heterocycles. The molecule has 0 atom stereocenters. The largest absolute Gasteiger partial charge is 0.390 e. The fourth-order valence-corrected chi connectivity index (χ4v) is 4.09. The Morgan fingerprint density at radius 2 is 2.07 bits per heavy atom. The lowest BCUT2D eigenvalue weighted by atomic mass is 9.77. The van der Waals surface area contributed by atoms with Gasteiger partial charge in [0.15, 0.2) is 5.65 Å². The summed E-state index contributed by atoms with van der Waals surface area (Å²) in [5.41, 5.74) is 2.59. The third-order valence-corrected chi connectivity index (χ3v) is 5.50. The number of halogens is 2. The number of imidazole rings is 1. The molecule has 10 heteroatoms. The van der Waals surface area contributed by atoms with Gasteiger partial charge in [-0.1, -0.05) is 0 Å². The van der Waals surface area contributed by atoms with E-state index in [9.17, 15) is 13.9 Å². The summed E-state index contributed by atoms with van der Waals surface area (Å²) in [6, 6.07) is 5.63. The summed E-state index contributed by atoms with van der Waals surface area (Å²) >= 11 is 0. The van der Waals surface area contributed by atoms with Crippen molar-refractivity contribution in [3.8, 4) is 11.3 Å². The molecule has 4 aromatic heterocycles. The van der Waals surface area contributed by atoms with Crippen molar-refractivity contribution in [3.05, 3.63) is 36.4 Å². The zero-order chi connectivity index (χ0) is 21.0. The van der Waals surface area contributed by atoms with E-state index in [0.29, 0.717) is 41.5 Å². The molecule has 1 saturated carbocycles. The van der Waals surface area contributed by atoms with Gasteiger partial charge in [0.05, 0.1) is 29.6 Å². The van der Waals surface area contributed by atoms with Crippen molar-refractivity contribution in [1.82, 2.24) is 29.1 Å². The Morgan fingerprint density at radius 1 is 1.27 bits per heavy atom. The average molecular weight is 413 g/mol. The smallest absolute Gasteiger partial charge is 0.256 e. The molecule has 0 aliphatic heterocycles. The second kappa shape index (κ2) is 6.69. The molecule has 1 aliphatic carbocycles. The maximum absolute atomic E-state index is 13.0. The highest BCUT2D eigenvalue weighted by Gasteiger charge is 2.38. The fourth-order valence-electron chi connectivity index (χ4n) is 4.09. The summed E-state index contributed by atoms with van der Waals surface area (Å²) in [6.45, 7) is 3.06. The number of fused-ring (bicyclic) bond motifs is 2. The quantitative estimate of drug-likeness (QED) is 0.522. The van der Waals surface area contributed by atoms with Crippen molar-refractivity contribution < 1.29 is 13.9 Å². The molecular weight excluding hydrogens is 392 g/mol. The first-order valence-corrected chi connectivity index (χ1v) is 9.75. The van der Waals surface area contributed by atoms with Crippen LogP contribution in [0.4, 0.5) is 14.7 Å². The highest BCUT2D eigenvalue weighted by molar-refractivity contribution is 5.82. The van der Waals surface area contributed by atoms with Crippen molar-refractivity contribution in [2.45, 2.75) is 51.3 Å². The lowest BCUT2D eigenvalue weighted by Gasteiger charge is -2.41. The number of nitrogens with zero attached hydrogens (tertiary/aromatic N) is 6. The third kappa shape index (κ3) is 3.26. The van der Waals surface area contributed by atoms with Crippen LogP contribution in [0.2, 0.25) is 0 Å². The number of aromatic nitrogens is 6. The molecule has 0 bridgehead atoms. The SMILES string of the molecule is Cc1nc2ccc(-c3ccn4nc(N[C@H]5C[C@](C)(O)C5)ncc34)nc2n1CC(F)F. The van der Waals surface area contributed by atoms with E-state index in [1.54, 1.807) is 23.7 Å². The molecule has 156 valence electrons. The van der Waals surface area contributed by atoms with Crippen LogP contribution in [-0.4, -0.2) is 52.3 Å². The summed E-state index contributed by atoms with van der Waals surface area (Å²) in [5.74, 6) is 0.991. The van der Waals surface area contributed by atoms with Crippen LogP contribution in [0.1, 0.15) is 25.6 Å². The van der Waals surface area contributed by atoms with Gasteiger partial charge in [-0.05, 0) is 44.9 Å². The molecule has 0 unspecified atom stereocenters. The van der Waals surface area contributed by atoms with Crippen LogP contribution in [-0.2, 0) is 6.54 Å². The van der Waals surface area contributed by atoms with E-state index >= 15 is 0 Å². The topological polar surface area (TPSA) is 93.2 Å². The lowest BCUT2D eigenvalue weighted by molar-refractivity contribution is -0.0236. The van der Waals surface area contributed by atoms with Crippen LogP contribution in [0.15, 0.2) is 30.6 Å². The minimum Gasteiger partial charge on any atom is -0.390 e. The molecule has 8 nitrogen and oxygen atoms in total. The highest BCUT2D eigenvalue weighted by Crippen LogP contribution is 2.33. The van der Waals surface area contributed by atoms with Gasteiger partial charge in [-0.25, -0.2) is 28.2 Å². The number of aliphatic hydroxyl groups is 1. The molecule has 5 rings (SSSR count). The van der Waals surface area contributed by atoms with Gasteiger partial charge in [0.2, 0.25) is 5.95 Å². The Balaban J connectivity index is 1.48. The van der Waals surface area contributed by atoms with Gasteiger partial charge >= 0.3 is 0 Å². The number of aryl methyl sites for hydroxylation is 1. The van der Waals surface area contributed by atoms with Crippen molar-refractivity contribution in [2.75, 3.05) is 5.32 Å². The first-order chi connectivity index (χ1) is 14.3. The van der Waals surface area contributed by atoms with Gasteiger partial charge in [-0.15, -0.1) is 5.10 Å². The minimum atomic E-state index is -2.49. The van der Waals surface area contributed by atoms with E-state index in [0.717, 1.165) is 11.1 Å². The third-order valence-electron chi connectivity index (χ3n) is 5.50. The van der Waals surface area contributed by atoms with E-state index < -0.39 is 18.6 Å². The average Bonchev–Trinajstić information content (AvgIpc) is 3.20. The second-order valence-electron chi connectivity index (χ2n) is 8.09. The van der Waals surface area contributed by atoms with E-state index in [4.69, 9.17) is 0 Å². The minimum absolute atomic E-state index is 0.148. The van der Waals surface area contributed by atoms with Gasteiger partial charge in [0.1, 0.15) is 11.3 Å². The lowest BCUT2D eigenvalue weighted by Crippen LogP contribution is -2.48. The molecule has 0 aromatic carbocycles. The Morgan fingerprint density at radius 3 is 2.80 bits per heavy atom. The van der Waals surface area contributed by atoms with E-state index in [-0.39, 0.29) is 6.04 Å². The van der Waals surface area contributed by atoms with Gasteiger partial charge in [0, 0.05) is 17.8 Å². The summed E-state index contributed by atoms with van der Waals surface area (Å²) in [7, 11) is 0. The fraction of sp³-hybridized carbons (Fsp3) is 0.400. The molecule has 0 amide bonds. The van der Waals surface area contributed by atoms with Crippen molar-refractivity contribution in [3.63, 3.8) is 0 Å². The predicted molar refractivity (Wildman–Crippen MR) is 108 cm³/mol. The molecule has 2 N–H and O–H groups in total. The number of anilines is 1. The summed E-state index contributed by atoms with van der Waals surface area (Å²) in [5, 5.41) is 17.6. The Kier molecular flexibility index (Phi) is 4.21. The van der Waals surface area contributed by atoms with Crippen LogP contribution in [0.3, 0.4) is 0 Å². The van der Waals surface area contributed by atoms with Gasteiger partial charge in [-0.2, -0.15) is 0 Å². The molecule has 1 aliphatic rings. The molecule has 30 heavy (non-hydrogen) atoms. The van der Waals surface area contributed by atoms with Gasteiger partial charge in [-0.3, -0.25) is 0 Å². The number of hydrogen-bond acceptors (Lipinski definition) is 6. The van der Waals surface area contributed by atoms with Crippen LogP contribution in [0.5, 0.6) is 0 Å². The summed E-state index contributed by atoms with van der Waals surface area (Å²) < 4.78 is 29.1. The first-order valence-electron chi connectivity index (χ1n) is 9.75. The Bertz CT molecular complexity index is 1240. The highest BCUT2D eigenvalue weighted by atomic mass is 19.3. The molecular formula is C20H21F2N7O. The van der Waals surface area contributed by atoms with Crippen molar-refractivity contribution in [2.24, 2.45) is 0 Å².